The quantitative estimate of drug-likeness (QED) is 0.499. The topological polar surface area (TPSA) is 79.7 Å². The Morgan fingerprint density at radius 3 is 2.48 bits per heavy atom. The second-order valence-corrected chi connectivity index (χ2v) is 9.51. The van der Waals surface area contributed by atoms with E-state index in [-0.39, 0.29) is 17.9 Å². The second kappa shape index (κ2) is 7.12. The molecule has 0 radical (unpaired) electrons. The van der Waals surface area contributed by atoms with Crippen LogP contribution in [0.3, 0.4) is 0 Å². The summed E-state index contributed by atoms with van der Waals surface area (Å²) in [5.41, 5.74) is 3.80. The third kappa shape index (κ3) is 3.15. The minimum absolute atomic E-state index is 0.127. The van der Waals surface area contributed by atoms with Crippen LogP contribution >= 0.6 is 0 Å². The molecular weight excluding hydrogens is 421 g/mol. The van der Waals surface area contributed by atoms with E-state index in [9.17, 15) is 9.50 Å². The molecule has 3 atom stereocenters. The average Bonchev–Trinajstić information content (AvgIpc) is 3.46. The first-order valence-electron chi connectivity index (χ1n) is 11.4. The van der Waals surface area contributed by atoms with Crippen molar-refractivity contribution in [2.24, 2.45) is 0 Å². The third-order valence-corrected chi connectivity index (χ3v) is 7.32. The maximum absolute atomic E-state index is 13.9. The SMILES string of the molecule is Cc1cc(-c2cc3nc(C)c(C)c(N4[C@@H]5CC[C@H]4CC(O)(c4cccc(F)c4)C5)n3n2)no1. The Labute approximate surface area is 190 Å². The Morgan fingerprint density at radius 2 is 1.82 bits per heavy atom. The zero-order valence-electron chi connectivity index (χ0n) is 18.9. The summed E-state index contributed by atoms with van der Waals surface area (Å²) in [6.45, 7) is 5.95. The van der Waals surface area contributed by atoms with Crippen molar-refractivity contribution in [3.05, 3.63) is 64.8 Å². The lowest BCUT2D eigenvalue weighted by Gasteiger charge is -2.45. The minimum atomic E-state index is -1.03. The molecule has 3 aromatic heterocycles. The minimum Gasteiger partial charge on any atom is -0.385 e. The van der Waals surface area contributed by atoms with Gasteiger partial charge in [-0.3, -0.25) is 0 Å². The number of rotatable bonds is 3. The number of halogens is 1. The number of hydrogen-bond donors (Lipinski definition) is 1. The number of benzene rings is 1. The van der Waals surface area contributed by atoms with Crippen LogP contribution in [0.25, 0.3) is 17.0 Å². The summed E-state index contributed by atoms with van der Waals surface area (Å²) in [4.78, 5) is 7.18. The third-order valence-electron chi connectivity index (χ3n) is 7.32. The molecule has 1 aromatic carbocycles. The Bertz CT molecular complexity index is 1360. The van der Waals surface area contributed by atoms with Gasteiger partial charge in [0.15, 0.2) is 5.65 Å². The molecule has 6 rings (SSSR count). The van der Waals surface area contributed by atoms with Crippen molar-refractivity contribution in [1.29, 1.82) is 0 Å². The number of anilines is 1. The predicted octanol–water partition coefficient (Wildman–Crippen LogP) is 4.47. The maximum atomic E-state index is 13.9. The lowest BCUT2D eigenvalue weighted by atomic mass is 9.80. The molecule has 4 aromatic rings. The van der Waals surface area contributed by atoms with Crippen molar-refractivity contribution < 1.29 is 14.0 Å². The molecule has 8 heteroatoms. The molecule has 2 aliphatic rings. The molecule has 2 saturated heterocycles. The van der Waals surface area contributed by atoms with Crippen LogP contribution in [-0.2, 0) is 5.60 Å². The molecular formula is C25H26FN5O2. The molecule has 0 amide bonds. The van der Waals surface area contributed by atoms with E-state index >= 15 is 0 Å². The van der Waals surface area contributed by atoms with Gasteiger partial charge in [0.1, 0.15) is 28.8 Å². The van der Waals surface area contributed by atoms with E-state index in [2.05, 4.69) is 17.0 Å². The van der Waals surface area contributed by atoms with Gasteiger partial charge >= 0.3 is 0 Å². The largest absolute Gasteiger partial charge is 0.385 e. The number of fused-ring (bicyclic) bond motifs is 3. The van der Waals surface area contributed by atoms with Gasteiger partial charge in [-0.05, 0) is 51.3 Å². The van der Waals surface area contributed by atoms with Gasteiger partial charge in [-0.1, -0.05) is 17.3 Å². The van der Waals surface area contributed by atoms with Crippen LogP contribution in [0.2, 0.25) is 0 Å². The van der Waals surface area contributed by atoms with E-state index < -0.39 is 5.60 Å². The summed E-state index contributed by atoms with van der Waals surface area (Å²) < 4.78 is 21.1. The number of aromatic nitrogens is 4. The Balaban J connectivity index is 1.44. The smallest absolute Gasteiger partial charge is 0.158 e. The van der Waals surface area contributed by atoms with Gasteiger partial charge in [0, 0.05) is 48.3 Å². The van der Waals surface area contributed by atoms with E-state index in [1.807, 2.05) is 36.6 Å². The first-order chi connectivity index (χ1) is 15.8. The van der Waals surface area contributed by atoms with Crippen molar-refractivity contribution >= 4 is 11.5 Å². The summed E-state index contributed by atoms with van der Waals surface area (Å²) in [7, 11) is 0. The van der Waals surface area contributed by atoms with Gasteiger partial charge in [-0.25, -0.2) is 9.37 Å². The zero-order valence-corrected chi connectivity index (χ0v) is 18.9. The number of nitrogens with zero attached hydrogens (tertiary/aromatic N) is 5. The molecule has 5 heterocycles. The van der Waals surface area contributed by atoms with Crippen LogP contribution < -0.4 is 4.90 Å². The van der Waals surface area contributed by atoms with E-state index in [1.165, 1.54) is 12.1 Å². The van der Waals surface area contributed by atoms with Crippen LogP contribution in [0.15, 0.2) is 40.9 Å². The first-order valence-corrected chi connectivity index (χ1v) is 11.4. The summed E-state index contributed by atoms with van der Waals surface area (Å²) in [5.74, 6) is 1.43. The fourth-order valence-corrected chi connectivity index (χ4v) is 5.68. The van der Waals surface area contributed by atoms with Gasteiger partial charge in [0.05, 0.1) is 5.60 Å². The lowest BCUT2D eigenvalue weighted by Crippen LogP contribution is -2.50. The van der Waals surface area contributed by atoms with E-state index in [0.29, 0.717) is 29.8 Å². The molecule has 2 bridgehead atoms. The molecule has 7 nitrogen and oxygen atoms in total. The van der Waals surface area contributed by atoms with Crippen LogP contribution in [0.4, 0.5) is 10.2 Å². The number of aryl methyl sites for hydroxylation is 2. The molecule has 0 spiro atoms. The number of aliphatic hydroxyl groups is 1. The fourth-order valence-electron chi connectivity index (χ4n) is 5.68. The van der Waals surface area contributed by atoms with Gasteiger partial charge in [-0.15, -0.1) is 0 Å². The highest BCUT2D eigenvalue weighted by atomic mass is 19.1. The van der Waals surface area contributed by atoms with E-state index in [4.69, 9.17) is 14.6 Å². The highest BCUT2D eigenvalue weighted by molar-refractivity contribution is 5.65. The van der Waals surface area contributed by atoms with Crippen LogP contribution in [0.1, 0.15) is 48.3 Å². The molecule has 2 fully saturated rings. The Hall–Kier alpha value is -3.26. The lowest BCUT2D eigenvalue weighted by molar-refractivity contribution is -0.00356. The van der Waals surface area contributed by atoms with Crippen LogP contribution in [0.5, 0.6) is 0 Å². The van der Waals surface area contributed by atoms with Crippen molar-refractivity contribution in [3.63, 3.8) is 0 Å². The summed E-state index contributed by atoms with van der Waals surface area (Å²) >= 11 is 0. The number of piperidine rings is 1. The van der Waals surface area contributed by atoms with Gasteiger partial charge in [0.25, 0.3) is 0 Å². The van der Waals surface area contributed by atoms with Crippen LogP contribution in [0, 0.1) is 26.6 Å². The molecule has 1 unspecified atom stereocenters. The van der Waals surface area contributed by atoms with Crippen molar-refractivity contribution in [3.8, 4) is 11.4 Å². The monoisotopic (exact) mass is 447 g/mol. The molecule has 170 valence electrons. The van der Waals surface area contributed by atoms with Crippen LogP contribution in [-0.4, -0.2) is 36.9 Å². The highest BCUT2D eigenvalue weighted by Gasteiger charge is 2.49. The van der Waals surface area contributed by atoms with Gasteiger partial charge in [-0.2, -0.15) is 9.61 Å². The Morgan fingerprint density at radius 1 is 1.06 bits per heavy atom. The van der Waals surface area contributed by atoms with Gasteiger partial charge in [0.2, 0.25) is 0 Å². The molecule has 0 aliphatic carbocycles. The normalized spacial score (nSPS) is 24.7. The molecule has 0 saturated carbocycles. The van der Waals surface area contributed by atoms with Crippen molar-refractivity contribution in [2.45, 2.75) is 64.1 Å². The average molecular weight is 448 g/mol. The van der Waals surface area contributed by atoms with Gasteiger partial charge < -0.3 is 14.5 Å². The highest BCUT2D eigenvalue weighted by Crippen LogP contribution is 2.48. The summed E-state index contributed by atoms with van der Waals surface area (Å²) in [6, 6.07) is 10.4. The van der Waals surface area contributed by atoms with Crippen molar-refractivity contribution in [2.75, 3.05) is 4.90 Å². The van der Waals surface area contributed by atoms with Crippen molar-refractivity contribution in [1.82, 2.24) is 19.8 Å². The molecule has 2 aliphatic heterocycles. The fraction of sp³-hybridized carbons (Fsp3) is 0.400. The Kier molecular flexibility index (Phi) is 4.39. The van der Waals surface area contributed by atoms with E-state index in [0.717, 1.165) is 41.3 Å². The second-order valence-electron chi connectivity index (χ2n) is 9.51. The molecule has 1 N–H and O–H groups in total. The standard InChI is InChI=1S/C25H26FN5O2/c1-14-9-22(29-33-14)21-11-23-27-16(3)15(2)24(31(23)28-21)30-19-7-8-20(30)13-25(32,12-19)17-5-4-6-18(26)10-17/h4-6,9-11,19-20,32H,7-8,12-13H2,1-3H3/t19-,20+,25?. The predicted molar refractivity (Wildman–Crippen MR) is 122 cm³/mol. The zero-order chi connectivity index (χ0) is 22.9. The maximum Gasteiger partial charge on any atom is 0.158 e. The first kappa shape index (κ1) is 20.4. The summed E-state index contributed by atoms with van der Waals surface area (Å²) in [5, 5.41) is 20.5. The molecule has 33 heavy (non-hydrogen) atoms. The van der Waals surface area contributed by atoms with E-state index in [1.54, 1.807) is 6.07 Å². The number of hydrogen-bond acceptors (Lipinski definition) is 6. The summed E-state index contributed by atoms with van der Waals surface area (Å²) in [6.07, 6.45) is 3.04.